The van der Waals surface area contributed by atoms with E-state index in [0.717, 1.165) is 19.1 Å². The van der Waals surface area contributed by atoms with Crippen LogP contribution in [0.15, 0.2) is 0 Å². The van der Waals surface area contributed by atoms with Crippen molar-refractivity contribution in [1.82, 2.24) is 5.32 Å². The Morgan fingerprint density at radius 1 is 1.18 bits per heavy atom. The fraction of sp³-hybridized carbons (Fsp3) is 1.00. The molecule has 0 amide bonds. The summed E-state index contributed by atoms with van der Waals surface area (Å²) in [6, 6.07) is 0.576. The van der Waals surface area contributed by atoms with Crippen molar-refractivity contribution in [2.75, 3.05) is 13.2 Å². The van der Waals surface area contributed by atoms with Crippen LogP contribution in [0, 0.1) is 11.3 Å². The quantitative estimate of drug-likeness (QED) is 0.798. The lowest BCUT2D eigenvalue weighted by molar-refractivity contribution is -0.134. The van der Waals surface area contributed by atoms with Crippen molar-refractivity contribution < 1.29 is 4.74 Å². The van der Waals surface area contributed by atoms with Gasteiger partial charge >= 0.3 is 0 Å². The maximum absolute atomic E-state index is 6.25. The summed E-state index contributed by atoms with van der Waals surface area (Å²) in [6.07, 6.45) is 6.35. The second-order valence-corrected chi connectivity index (χ2v) is 7.21. The predicted octanol–water partition coefficient (Wildman–Crippen LogP) is 3.36. The monoisotopic (exact) mass is 239 g/mol. The number of hydrogen-bond acceptors (Lipinski definition) is 2. The van der Waals surface area contributed by atoms with E-state index in [1.807, 2.05) is 0 Å². The van der Waals surface area contributed by atoms with Crippen LogP contribution in [-0.4, -0.2) is 24.8 Å². The van der Waals surface area contributed by atoms with Gasteiger partial charge in [0.05, 0.1) is 12.2 Å². The molecular formula is C15H29NO. The van der Waals surface area contributed by atoms with Gasteiger partial charge in [-0.3, -0.25) is 0 Å². The van der Waals surface area contributed by atoms with Crippen LogP contribution < -0.4 is 5.32 Å². The SMILES string of the molecule is CC(C)CC1NCCOC12CCC(C)(C)CC2. The van der Waals surface area contributed by atoms with Gasteiger partial charge in [-0.05, 0) is 43.4 Å². The van der Waals surface area contributed by atoms with Crippen molar-refractivity contribution >= 4 is 0 Å². The highest BCUT2D eigenvalue weighted by Crippen LogP contribution is 2.45. The molecular weight excluding hydrogens is 210 g/mol. The molecule has 100 valence electrons. The first-order valence-corrected chi connectivity index (χ1v) is 7.31. The number of hydrogen-bond donors (Lipinski definition) is 1. The third-order valence-corrected chi connectivity index (χ3v) is 4.67. The van der Waals surface area contributed by atoms with Gasteiger partial charge in [0.25, 0.3) is 0 Å². The van der Waals surface area contributed by atoms with Gasteiger partial charge in [-0.2, -0.15) is 0 Å². The Balaban J connectivity index is 2.05. The molecule has 0 aromatic carbocycles. The first-order valence-electron chi connectivity index (χ1n) is 7.31. The van der Waals surface area contributed by atoms with Gasteiger partial charge in [0, 0.05) is 12.6 Å². The molecule has 0 aromatic rings. The fourth-order valence-electron chi connectivity index (χ4n) is 3.39. The van der Waals surface area contributed by atoms with Crippen molar-refractivity contribution in [2.45, 2.75) is 71.4 Å². The first-order chi connectivity index (χ1) is 7.94. The lowest BCUT2D eigenvalue weighted by atomic mass is 9.67. The fourth-order valence-corrected chi connectivity index (χ4v) is 3.39. The highest BCUT2D eigenvalue weighted by Gasteiger charge is 2.46. The van der Waals surface area contributed by atoms with Crippen LogP contribution in [0.2, 0.25) is 0 Å². The minimum atomic E-state index is 0.151. The largest absolute Gasteiger partial charge is 0.372 e. The molecule has 17 heavy (non-hydrogen) atoms. The van der Waals surface area contributed by atoms with E-state index in [0.29, 0.717) is 11.5 Å². The lowest BCUT2D eigenvalue weighted by Gasteiger charge is -2.50. The minimum Gasteiger partial charge on any atom is -0.372 e. The standard InChI is InChI=1S/C15H29NO/c1-12(2)11-13-15(17-10-9-16-13)7-5-14(3,4)6-8-15/h12-13,16H,5-11H2,1-4H3. The summed E-state index contributed by atoms with van der Waals surface area (Å²) >= 11 is 0. The molecule has 1 heterocycles. The number of rotatable bonds is 2. The second kappa shape index (κ2) is 4.89. The maximum Gasteiger partial charge on any atom is 0.0835 e. The zero-order chi connectivity index (χ0) is 12.5. The summed E-state index contributed by atoms with van der Waals surface area (Å²) in [4.78, 5) is 0. The normalized spacial score (nSPS) is 31.9. The van der Waals surface area contributed by atoms with Crippen molar-refractivity contribution in [3.8, 4) is 0 Å². The Kier molecular flexibility index (Phi) is 3.84. The third-order valence-electron chi connectivity index (χ3n) is 4.67. The van der Waals surface area contributed by atoms with Gasteiger partial charge in [-0.25, -0.2) is 0 Å². The zero-order valence-corrected chi connectivity index (χ0v) is 12.0. The Morgan fingerprint density at radius 2 is 1.82 bits per heavy atom. The highest BCUT2D eigenvalue weighted by molar-refractivity contribution is 5.00. The van der Waals surface area contributed by atoms with Crippen LogP contribution in [-0.2, 0) is 4.74 Å². The summed E-state index contributed by atoms with van der Waals surface area (Å²) in [5.41, 5.74) is 0.673. The van der Waals surface area contributed by atoms with E-state index in [9.17, 15) is 0 Å². The molecule has 1 aliphatic heterocycles. The molecule has 1 spiro atoms. The highest BCUT2D eigenvalue weighted by atomic mass is 16.5. The maximum atomic E-state index is 6.25. The molecule has 1 saturated carbocycles. The van der Waals surface area contributed by atoms with Gasteiger partial charge in [0.2, 0.25) is 0 Å². The van der Waals surface area contributed by atoms with E-state index in [2.05, 4.69) is 33.0 Å². The van der Waals surface area contributed by atoms with E-state index in [4.69, 9.17) is 4.74 Å². The van der Waals surface area contributed by atoms with E-state index in [1.165, 1.54) is 32.1 Å². The molecule has 2 aliphatic rings. The van der Waals surface area contributed by atoms with Gasteiger partial charge < -0.3 is 10.1 Å². The lowest BCUT2D eigenvalue weighted by Crippen LogP contribution is -2.60. The Bertz CT molecular complexity index is 250. The van der Waals surface area contributed by atoms with Crippen LogP contribution in [0.25, 0.3) is 0 Å². The molecule has 2 heteroatoms. The predicted molar refractivity (Wildman–Crippen MR) is 72.2 cm³/mol. The molecule has 1 N–H and O–H groups in total. The number of morpholine rings is 1. The molecule has 2 nitrogen and oxygen atoms in total. The average Bonchev–Trinajstić information content (AvgIpc) is 2.25. The van der Waals surface area contributed by atoms with Crippen LogP contribution in [0.4, 0.5) is 0 Å². The second-order valence-electron chi connectivity index (χ2n) is 7.21. The number of ether oxygens (including phenoxy) is 1. The van der Waals surface area contributed by atoms with Crippen molar-refractivity contribution in [3.05, 3.63) is 0 Å². The summed E-state index contributed by atoms with van der Waals surface area (Å²) in [5.74, 6) is 0.751. The van der Waals surface area contributed by atoms with E-state index in [1.54, 1.807) is 0 Å². The average molecular weight is 239 g/mol. The molecule has 0 aromatic heterocycles. The van der Waals surface area contributed by atoms with E-state index >= 15 is 0 Å². The molecule has 1 unspecified atom stereocenters. The summed E-state index contributed by atoms with van der Waals surface area (Å²) in [5, 5.41) is 3.71. The third kappa shape index (κ3) is 3.03. The Morgan fingerprint density at radius 3 is 2.41 bits per heavy atom. The van der Waals surface area contributed by atoms with Crippen molar-refractivity contribution in [3.63, 3.8) is 0 Å². The summed E-state index contributed by atoms with van der Waals surface area (Å²) < 4.78 is 6.25. The molecule has 1 saturated heterocycles. The Hall–Kier alpha value is -0.0800. The minimum absolute atomic E-state index is 0.151. The topological polar surface area (TPSA) is 21.3 Å². The van der Waals surface area contributed by atoms with Gasteiger partial charge in [0.15, 0.2) is 0 Å². The van der Waals surface area contributed by atoms with Crippen LogP contribution in [0.1, 0.15) is 59.8 Å². The Labute approximate surface area is 107 Å². The molecule has 0 radical (unpaired) electrons. The van der Waals surface area contributed by atoms with Crippen LogP contribution >= 0.6 is 0 Å². The molecule has 0 bridgehead atoms. The van der Waals surface area contributed by atoms with Crippen molar-refractivity contribution in [2.24, 2.45) is 11.3 Å². The molecule has 1 aliphatic carbocycles. The van der Waals surface area contributed by atoms with Crippen LogP contribution in [0.5, 0.6) is 0 Å². The smallest absolute Gasteiger partial charge is 0.0835 e. The van der Waals surface area contributed by atoms with Gasteiger partial charge in [0.1, 0.15) is 0 Å². The zero-order valence-electron chi connectivity index (χ0n) is 12.0. The van der Waals surface area contributed by atoms with E-state index in [-0.39, 0.29) is 5.60 Å². The summed E-state index contributed by atoms with van der Waals surface area (Å²) in [7, 11) is 0. The molecule has 2 rings (SSSR count). The molecule has 2 fully saturated rings. The van der Waals surface area contributed by atoms with E-state index < -0.39 is 0 Å². The first kappa shape index (κ1) is 13.4. The van der Waals surface area contributed by atoms with Crippen LogP contribution in [0.3, 0.4) is 0 Å². The molecule has 1 atom stereocenters. The van der Waals surface area contributed by atoms with Gasteiger partial charge in [-0.15, -0.1) is 0 Å². The van der Waals surface area contributed by atoms with Gasteiger partial charge in [-0.1, -0.05) is 27.7 Å². The van der Waals surface area contributed by atoms with Crippen molar-refractivity contribution in [1.29, 1.82) is 0 Å². The summed E-state index contributed by atoms with van der Waals surface area (Å²) in [6.45, 7) is 11.4. The number of nitrogens with one attached hydrogen (secondary N) is 1.